The van der Waals surface area contributed by atoms with Gasteiger partial charge in [0.2, 0.25) is 0 Å². The van der Waals surface area contributed by atoms with Gasteiger partial charge in [-0.2, -0.15) is 0 Å². The summed E-state index contributed by atoms with van der Waals surface area (Å²) in [5, 5.41) is 18.7. The number of hydrogen-bond acceptors (Lipinski definition) is 8. The molecular weight excluding hydrogens is 256 g/mol. The highest BCUT2D eigenvalue weighted by Gasteiger charge is 2.20. The molecule has 0 aliphatic heterocycles. The van der Waals surface area contributed by atoms with Crippen molar-refractivity contribution in [2.45, 2.75) is 26.1 Å². The van der Waals surface area contributed by atoms with Crippen LogP contribution in [0.5, 0.6) is 0 Å². The predicted molar refractivity (Wildman–Crippen MR) is 67.7 cm³/mol. The van der Waals surface area contributed by atoms with Crippen LogP contribution in [-0.4, -0.2) is 62.1 Å². The maximum atomic E-state index is 9.33. The number of ether oxygens (including phenoxy) is 2. The fourth-order valence-corrected chi connectivity index (χ4v) is 1.30. The first kappa shape index (κ1) is 18.7. The van der Waals surface area contributed by atoms with Gasteiger partial charge in [0.1, 0.15) is 12.2 Å². The van der Waals surface area contributed by atoms with E-state index in [0.29, 0.717) is 13.2 Å². The van der Waals surface area contributed by atoms with E-state index in [4.69, 9.17) is 21.3 Å². The van der Waals surface area contributed by atoms with Crippen molar-refractivity contribution in [3.8, 4) is 0 Å². The molecule has 0 bridgehead atoms. The summed E-state index contributed by atoms with van der Waals surface area (Å²) in [5.41, 5.74) is -0.243. The first-order valence-electron chi connectivity index (χ1n) is 6.06. The SMILES string of the molecule is CC(C)(COCC(O)CON)COCC(O)CON. The molecular formula is C11H26N2O6. The standard InChI is InChI=1S/C11H26N2O6/c1-11(2,7-16-3-9(14)5-18-12)8-17-4-10(15)6-19-13/h9-10,14-15H,3-8,12-13H2,1-2H3. The molecule has 116 valence electrons. The summed E-state index contributed by atoms with van der Waals surface area (Å²) in [7, 11) is 0. The highest BCUT2D eigenvalue weighted by Crippen LogP contribution is 2.16. The second-order valence-corrected chi connectivity index (χ2v) is 5.17. The fraction of sp³-hybridized carbons (Fsp3) is 1.00. The molecule has 0 spiro atoms. The van der Waals surface area contributed by atoms with Gasteiger partial charge in [-0.15, -0.1) is 0 Å². The summed E-state index contributed by atoms with van der Waals surface area (Å²) in [6, 6.07) is 0. The van der Waals surface area contributed by atoms with Gasteiger partial charge in [-0.3, -0.25) is 0 Å². The number of nitrogens with two attached hydrogens (primary N) is 2. The average molecular weight is 282 g/mol. The lowest BCUT2D eigenvalue weighted by atomic mass is 9.96. The Morgan fingerprint density at radius 3 is 1.53 bits per heavy atom. The normalized spacial score (nSPS) is 15.5. The molecule has 6 N–H and O–H groups in total. The van der Waals surface area contributed by atoms with Crippen LogP contribution in [0.3, 0.4) is 0 Å². The molecule has 8 heteroatoms. The van der Waals surface area contributed by atoms with Crippen LogP contribution in [-0.2, 0) is 19.1 Å². The lowest BCUT2D eigenvalue weighted by Crippen LogP contribution is -2.32. The minimum atomic E-state index is -0.745. The van der Waals surface area contributed by atoms with Gasteiger partial charge in [-0.25, -0.2) is 11.8 Å². The third-order valence-corrected chi connectivity index (χ3v) is 2.18. The minimum Gasteiger partial charge on any atom is -0.388 e. The van der Waals surface area contributed by atoms with Crippen molar-refractivity contribution in [1.29, 1.82) is 0 Å². The molecule has 0 aromatic heterocycles. The molecule has 0 aliphatic carbocycles. The summed E-state index contributed by atoms with van der Waals surface area (Å²) in [6.45, 7) is 5.05. The van der Waals surface area contributed by atoms with E-state index in [2.05, 4.69) is 9.68 Å². The zero-order valence-electron chi connectivity index (χ0n) is 11.6. The van der Waals surface area contributed by atoms with E-state index in [-0.39, 0.29) is 31.8 Å². The van der Waals surface area contributed by atoms with E-state index in [1.165, 1.54) is 0 Å². The van der Waals surface area contributed by atoms with E-state index in [0.717, 1.165) is 0 Å². The molecule has 0 aromatic rings. The molecule has 0 radical (unpaired) electrons. The fourth-order valence-electron chi connectivity index (χ4n) is 1.30. The van der Waals surface area contributed by atoms with E-state index in [9.17, 15) is 10.2 Å². The van der Waals surface area contributed by atoms with Crippen LogP contribution < -0.4 is 11.8 Å². The highest BCUT2D eigenvalue weighted by molar-refractivity contribution is 4.68. The van der Waals surface area contributed by atoms with Crippen LogP contribution in [0, 0.1) is 5.41 Å². The highest BCUT2D eigenvalue weighted by atomic mass is 16.6. The Morgan fingerprint density at radius 2 is 1.21 bits per heavy atom. The zero-order valence-corrected chi connectivity index (χ0v) is 11.6. The van der Waals surface area contributed by atoms with Crippen molar-refractivity contribution in [2.24, 2.45) is 17.2 Å². The molecule has 2 atom stereocenters. The second kappa shape index (κ2) is 10.5. The van der Waals surface area contributed by atoms with Crippen LogP contribution in [0.15, 0.2) is 0 Å². The maximum absolute atomic E-state index is 9.33. The third kappa shape index (κ3) is 11.2. The van der Waals surface area contributed by atoms with Gasteiger partial charge in [0.05, 0.1) is 39.6 Å². The minimum absolute atomic E-state index is 0.0300. The van der Waals surface area contributed by atoms with Crippen molar-refractivity contribution in [3.05, 3.63) is 0 Å². The van der Waals surface area contributed by atoms with E-state index < -0.39 is 12.2 Å². The Hall–Kier alpha value is -0.320. The Bertz CT molecular complexity index is 197. The molecule has 0 fully saturated rings. The van der Waals surface area contributed by atoms with Crippen LogP contribution >= 0.6 is 0 Å². The second-order valence-electron chi connectivity index (χ2n) is 5.17. The molecule has 0 rings (SSSR count). The first-order valence-corrected chi connectivity index (χ1v) is 6.06. The Morgan fingerprint density at radius 1 is 0.842 bits per heavy atom. The van der Waals surface area contributed by atoms with Crippen molar-refractivity contribution < 1.29 is 29.4 Å². The largest absolute Gasteiger partial charge is 0.388 e. The maximum Gasteiger partial charge on any atom is 0.103 e. The van der Waals surface area contributed by atoms with Crippen LogP contribution in [0.25, 0.3) is 0 Å². The molecule has 0 aromatic carbocycles. The molecule has 0 aliphatic rings. The van der Waals surface area contributed by atoms with Crippen molar-refractivity contribution in [3.63, 3.8) is 0 Å². The Labute approximate surface area is 113 Å². The van der Waals surface area contributed by atoms with Gasteiger partial charge in [0, 0.05) is 5.41 Å². The molecule has 0 saturated carbocycles. The van der Waals surface area contributed by atoms with Crippen molar-refractivity contribution in [1.82, 2.24) is 0 Å². The molecule has 8 nitrogen and oxygen atoms in total. The number of rotatable bonds is 12. The molecule has 0 saturated heterocycles. The smallest absolute Gasteiger partial charge is 0.103 e. The number of aliphatic hydroxyl groups is 2. The lowest BCUT2D eigenvalue weighted by molar-refractivity contribution is -0.0683. The first-order chi connectivity index (χ1) is 8.91. The average Bonchev–Trinajstić information content (AvgIpc) is 2.29. The van der Waals surface area contributed by atoms with E-state index in [1.807, 2.05) is 13.8 Å². The van der Waals surface area contributed by atoms with Gasteiger partial charge >= 0.3 is 0 Å². The van der Waals surface area contributed by atoms with Crippen LogP contribution in [0.4, 0.5) is 0 Å². The quantitative estimate of drug-likeness (QED) is 0.320. The number of aliphatic hydroxyl groups excluding tert-OH is 2. The summed E-state index contributed by atoms with van der Waals surface area (Å²) in [4.78, 5) is 8.59. The van der Waals surface area contributed by atoms with Crippen molar-refractivity contribution >= 4 is 0 Å². The topological polar surface area (TPSA) is 129 Å². The van der Waals surface area contributed by atoms with Gasteiger partial charge in [0.25, 0.3) is 0 Å². The van der Waals surface area contributed by atoms with E-state index in [1.54, 1.807) is 0 Å². The summed E-state index contributed by atoms with van der Waals surface area (Å²) in [6.07, 6.45) is -1.49. The van der Waals surface area contributed by atoms with Gasteiger partial charge < -0.3 is 29.4 Å². The molecule has 2 unspecified atom stereocenters. The summed E-state index contributed by atoms with van der Waals surface area (Å²) in [5.74, 6) is 9.65. The van der Waals surface area contributed by atoms with Crippen LogP contribution in [0.2, 0.25) is 0 Å². The van der Waals surface area contributed by atoms with Crippen LogP contribution in [0.1, 0.15) is 13.8 Å². The van der Waals surface area contributed by atoms with E-state index >= 15 is 0 Å². The lowest BCUT2D eigenvalue weighted by Gasteiger charge is -2.25. The molecule has 19 heavy (non-hydrogen) atoms. The van der Waals surface area contributed by atoms with Gasteiger partial charge in [-0.05, 0) is 0 Å². The summed E-state index contributed by atoms with van der Waals surface area (Å²) < 4.78 is 10.7. The monoisotopic (exact) mass is 282 g/mol. The van der Waals surface area contributed by atoms with Gasteiger partial charge in [0.15, 0.2) is 0 Å². The Balaban J connectivity index is 3.67. The zero-order chi connectivity index (χ0) is 14.7. The third-order valence-electron chi connectivity index (χ3n) is 2.18. The Kier molecular flexibility index (Phi) is 10.3. The molecule has 0 amide bonds. The number of hydrogen-bond donors (Lipinski definition) is 4. The van der Waals surface area contributed by atoms with Gasteiger partial charge in [-0.1, -0.05) is 13.8 Å². The van der Waals surface area contributed by atoms with Crippen molar-refractivity contribution in [2.75, 3.05) is 39.6 Å². The summed E-state index contributed by atoms with van der Waals surface area (Å²) >= 11 is 0. The molecule has 0 heterocycles. The predicted octanol–water partition coefficient (Wildman–Crippen LogP) is -1.45.